The summed E-state index contributed by atoms with van der Waals surface area (Å²) in [6.45, 7) is 7.03. The highest BCUT2D eigenvalue weighted by atomic mass is 19.4. The zero-order valence-corrected chi connectivity index (χ0v) is 23.4. The highest BCUT2D eigenvalue weighted by Gasteiger charge is 2.51. The molecule has 222 valence electrons. The molecule has 0 spiro atoms. The minimum atomic E-state index is -4.24. The average Bonchev–Trinajstić information content (AvgIpc) is 3.44. The smallest absolute Gasteiger partial charge is 0.391 e. The monoisotopic (exact) mass is 574 g/mol. The average molecular weight is 575 g/mol. The topological polar surface area (TPSA) is 99.7 Å². The van der Waals surface area contributed by atoms with Crippen LogP contribution in [0.4, 0.5) is 18.9 Å². The summed E-state index contributed by atoms with van der Waals surface area (Å²) in [6.07, 6.45) is -1.36. The molecule has 0 bridgehead atoms. The van der Waals surface area contributed by atoms with E-state index >= 15 is 0 Å². The number of pyridine rings is 2. The summed E-state index contributed by atoms with van der Waals surface area (Å²) in [7, 11) is 0. The Kier molecular flexibility index (Phi) is 8.67. The molecule has 9 nitrogen and oxygen atoms in total. The van der Waals surface area contributed by atoms with E-state index in [1.165, 1.54) is 0 Å². The van der Waals surface area contributed by atoms with Crippen LogP contribution in [0.15, 0.2) is 30.5 Å². The van der Waals surface area contributed by atoms with Crippen LogP contribution in [-0.4, -0.2) is 84.3 Å². The molecular weight excluding hydrogens is 537 g/mol. The standard InChI is InChI=1S/C29H37F3N6O3/c1-3-21-17-37(28(40)18-14-19(15-18)29(30,31)32)12-13-38(21)24-8-7-23(22-6-5-10-34-27(22)41-4-2)36-25(24)26(39)35-20-9-11-33-16-20/h5-8,10,18-21,33H,3-4,9,11-17H2,1-2H3,(H,35,39)/t18-,19+,20-,21-/m1/s1. The van der Waals surface area contributed by atoms with Crippen LogP contribution in [-0.2, 0) is 4.79 Å². The summed E-state index contributed by atoms with van der Waals surface area (Å²) in [5.74, 6) is -2.01. The second-order valence-electron chi connectivity index (χ2n) is 11.0. The molecule has 1 saturated carbocycles. The van der Waals surface area contributed by atoms with Crippen LogP contribution >= 0.6 is 0 Å². The summed E-state index contributed by atoms with van der Waals surface area (Å²) >= 11 is 0. The van der Waals surface area contributed by atoms with Gasteiger partial charge in [-0.1, -0.05) is 6.92 Å². The van der Waals surface area contributed by atoms with E-state index in [4.69, 9.17) is 9.72 Å². The summed E-state index contributed by atoms with van der Waals surface area (Å²) in [6, 6.07) is 7.25. The maximum atomic E-state index is 13.6. The molecule has 41 heavy (non-hydrogen) atoms. The Morgan fingerprint density at radius 1 is 1.17 bits per heavy atom. The van der Waals surface area contributed by atoms with E-state index in [-0.39, 0.29) is 42.4 Å². The number of nitrogens with zero attached hydrogens (tertiary/aromatic N) is 4. The lowest BCUT2D eigenvalue weighted by molar-refractivity contribution is -0.206. The van der Waals surface area contributed by atoms with Crippen molar-refractivity contribution in [1.29, 1.82) is 0 Å². The van der Waals surface area contributed by atoms with Gasteiger partial charge in [-0.15, -0.1) is 0 Å². The number of alkyl halides is 3. The van der Waals surface area contributed by atoms with Crippen molar-refractivity contribution in [2.24, 2.45) is 11.8 Å². The number of carbonyl (C=O) groups excluding carboxylic acids is 2. The number of halogens is 3. The molecule has 2 saturated heterocycles. The van der Waals surface area contributed by atoms with Gasteiger partial charge in [-0.25, -0.2) is 9.97 Å². The molecule has 2 aromatic rings. The first-order valence-corrected chi connectivity index (χ1v) is 14.4. The summed E-state index contributed by atoms with van der Waals surface area (Å²) < 4.78 is 44.6. The fourth-order valence-electron chi connectivity index (χ4n) is 5.94. The van der Waals surface area contributed by atoms with Crippen molar-refractivity contribution in [2.45, 2.75) is 57.8 Å². The van der Waals surface area contributed by atoms with E-state index in [1.807, 2.05) is 32.0 Å². The molecular formula is C29H37F3N6O3. The summed E-state index contributed by atoms with van der Waals surface area (Å²) in [4.78, 5) is 39.6. The first-order chi connectivity index (χ1) is 19.7. The van der Waals surface area contributed by atoms with Crippen LogP contribution in [0.5, 0.6) is 5.88 Å². The van der Waals surface area contributed by atoms with Crippen LogP contribution in [0, 0.1) is 11.8 Å². The number of nitrogens with one attached hydrogen (secondary N) is 2. The first kappa shape index (κ1) is 29.1. The molecule has 1 aliphatic carbocycles. The van der Waals surface area contributed by atoms with E-state index < -0.39 is 18.0 Å². The fraction of sp³-hybridized carbons (Fsp3) is 0.586. The Balaban J connectivity index is 1.39. The normalized spacial score (nSPS) is 24.6. The van der Waals surface area contributed by atoms with Crippen molar-refractivity contribution in [3.63, 3.8) is 0 Å². The van der Waals surface area contributed by atoms with Gasteiger partial charge in [0.2, 0.25) is 11.8 Å². The van der Waals surface area contributed by atoms with E-state index in [1.54, 1.807) is 17.2 Å². The molecule has 2 amide bonds. The molecule has 12 heteroatoms. The Labute approximate surface area is 237 Å². The largest absolute Gasteiger partial charge is 0.477 e. The number of amides is 2. The van der Waals surface area contributed by atoms with E-state index in [0.717, 1.165) is 13.0 Å². The number of aromatic nitrogens is 2. The molecule has 2 aliphatic heterocycles. The Hall–Kier alpha value is -3.41. The summed E-state index contributed by atoms with van der Waals surface area (Å²) in [5.41, 5.74) is 2.19. The second-order valence-corrected chi connectivity index (χ2v) is 11.0. The maximum absolute atomic E-state index is 13.6. The minimum Gasteiger partial charge on any atom is -0.477 e. The number of piperazine rings is 1. The lowest BCUT2D eigenvalue weighted by atomic mass is 9.73. The van der Waals surface area contributed by atoms with Crippen molar-refractivity contribution in [3.05, 3.63) is 36.2 Å². The van der Waals surface area contributed by atoms with Crippen molar-refractivity contribution in [2.75, 3.05) is 44.2 Å². The third-order valence-electron chi connectivity index (χ3n) is 8.34. The van der Waals surface area contributed by atoms with Gasteiger partial charge in [0, 0.05) is 50.4 Å². The van der Waals surface area contributed by atoms with Crippen LogP contribution < -0.4 is 20.3 Å². The summed E-state index contributed by atoms with van der Waals surface area (Å²) in [5, 5.41) is 6.36. The van der Waals surface area contributed by atoms with Gasteiger partial charge in [-0.05, 0) is 63.4 Å². The number of rotatable bonds is 8. The molecule has 0 unspecified atom stereocenters. The number of ether oxygens (including phenoxy) is 1. The van der Waals surface area contributed by atoms with Gasteiger partial charge in [-0.2, -0.15) is 13.2 Å². The SMILES string of the molecule is CCOc1ncccc1-c1ccc(N2CCN(C(=O)[C@H]3C[C@@H](C(F)(F)F)C3)C[C@H]2CC)c(C(=O)N[C@@H]2CCNC2)n1. The van der Waals surface area contributed by atoms with Crippen molar-refractivity contribution in [3.8, 4) is 17.1 Å². The van der Waals surface area contributed by atoms with E-state index in [9.17, 15) is 22.8 Å². The second kappa shape index (κ2) is 12.2. The van der Waals surface area contributed by atoms with Gasteiger partial charge < -0.3 is 25.2 Å². The number of carbonyl (C=O) groups is 2. The van der Waals surface area contributed by atoms with Crippen LogP contribution in [0.3, 0.4) is 0 Å². The van der Waals surface area contributed by atoms with Gasteiger partial charge >= 0.3 is 6.18 Å². The molecule has 2 atom stereocenters. The number of hydrogen-bond acceptors (Lipinski definition) is 7. The zero-order chi connectivity index (χ0) is 29.1. The van der Waals surface area contributed by atoms with Crippen LogP contribution in [0.1, 0.15) is 50.0 Å². The lowest BCUT2D eigenvalue weighted by Crippen LogP contribution is -2.57. The maximum Gasteiger partial charge on any atom is 0.391 e. The Morgan fingerprint density at radius 2 is 1.98 bits per heavy atom. The van der Waals surface area contributed by atoms with Gasteiger partial charge in [0.15, 0.2) is 5.69 Å². The van der Waals surface area contributed by atoms with Gasteiger partial charge in [0.25, 0.3) is 5.91 Å². The van der Waals surface area contributed by atoms with Gasteiger partial charge in [0.05, 0.1) is 29.5 Å². The Morgan fingerprint density at radius 3 is 2.66 bits per heavy atom. The van der Waals surface area contributed by atoms with Crippen molar-refractivity contribution in [1.82, 2.24) is 25.5 Å². The number of anilines is 1. The molecule has 0 aromatic carbocycles. The van der Waals surface area contributed by atoms with Crippen LogP contribution in [0.25, 0.3) is 11.3 Å². The molecule has 0 radical (unpaired) electrons. The first-order valence-electron chi connectivity index (χ1n) is 14.4. The Bertz CT molecular complexity index is 1250. The molecule has 2 N–H and O–H groups in total. The van der Waals surface area contributed by atoms with E-state index in [2.05, 4.69) is 20.5 Å². The van der Waals surface area contributed by atoms with Gasteiger partial charge in [-0.3, -0.25) is 9.59 Å². The van der Waals surface area contributed by atoms with Crippen molar-refractivity contribution < 1.29 is 27.5 Å². The highest BCUT2D eigenvalue weighted by molar-refractivity contribution is 5.99. The lowest BCUT2D eigenvalue weighted by Gasteiger charge is -2.45. The molecule has 2 aromatic heterocycles. The number of hydrogen-bond donors (Lipinski definition) is 2. The molecule has 5 rings (SSSR count). The zero-order valence-electron chi connectivity index (χ0n) is 23.4. The predicted octanol–water partition coefficient (Wildman–Crippen LogP) is 3.65. The third-order valence-corrected chi connectivity index (χ3v) is 8.34. The third kappa shape index (κ3) is 6.27. The van der Waals surface area contributed by atoms with Gasteiger partial charge in [0.1, 0.15) is 0 Å². The molecule has 3 fully saturated rings. The predicted molar refractivity (Wildman–Crippen MR) is 148 cm³/mol. The molecule has 4 heterocycles. The van der Waals surface area contributed by atoms with E-state index in [0.29, 0.717) is 62.0 Å². The quantitative estimate of drug-likeness (QED) is 0.497. The van der Waals surface area contributed by atoms with Crippen molar-refractivity contribution >= 4 is 17.5 Å². The highest BCUT2D eigenvalue weighted by Crippen LogP contribution is 2.45. The van der Waals surface area contributed by atoms with Crippen LogP contribution in [0.2, 0.25) is 0 Å². The fourth-order valence-corrected chi connectivity index (χ4v) is 5.94. The molecule has 3 aliphatic rings. The minimum absolute atomic E-state index is 0.00220.